The van der Waals surface area contributed by atoms with E-state index >= 15 is 0 Å². The number of carbonyl (C=O) groups is 3. The first-order valence-electron chi connectivity index (χ1n) is 15.6. The minimum absolute atomic E-state index is 0.170. The third-order valence-electron chi connectivity index (χ3n) is 7.87. The molecule has 1 N–H and O–H groups in total. The highest BCUT2D eigenvalue weighted by Crippen LogP contribution is 2.27. The lowest BCUT2D eigenvalue weighted by Gasteiger charge is -2.28. The van der Waals surface area contributed by atoms with Crippen molar-refractivity contribution in [3.05, 3.63) is 101 Å². The topological polar surface area (TPSA) is 100 Å². The molecule has 0 aromatic heterocycles. The lowest BCUT2D eigenvalue weighted by atomic mass is 9.85. The molecule has 1 amide bonds. The predicted molar refractivity (Wildman–Crippen MR) is 173 cm³/mol. The number of unbranched alkanes of at least 4 members (excludes halogenated alkanes) is 1. The number of carbonyl (C=O) groups excluding carboxylic acids is 3. The monoisotopic (exact) mass is 613 g/mol. The Bertz CT molecular complexity index is 1420. The molecule has 1 saturated carbocycles. The van der Waals surface area contributed by atoms with Gasteiger partial charge in [0.1, 0.15) is 11.5 Å². The van der Waals surface area contributed by atoms with E-state index in [9.17, 15) is 14.4 Å². The summed E-state index contributed by atoms with van der Waals surface area (Å²) in [5.74, 6) is -0.0713. The molecule has 8 heteroatoms. The number of nitrogens with one attached hydrogen (secondary N) is 1. The van der Waals surface area contributed by atoms with Gasteiger partial charge in [-0.2, -0.15) is 0 Å². The number of para-hydroxylation sites is 1. The standard InChI is InChI=1S/C37H43NO7/c1-42-36(40)29-13-9-14-31(25-29)38-35(39)33-26-30(37(41)43-2)21-22-34(33)45-24-10-12-28-19-17-27(18-20-28)11-5-4-8-23-44-32-15-6-3-7-16-32/h3,5-7,11,15-22,26,29,31H,4,8-10,12-14,23-25H2,1-2H3,(H,38,39)/b11-5+. The van der Waals surface area contributed by atoms with Crippen LogP contribution in [-0.4, -0.2) is 51.3 Å². The first-order valence-corrected chi connectivity index (χ1v) is 15.6. The van der Waals surface area contributed by atoms with Gasteiger partial charge in [-0.3, -0.25) is 9.59 Å². The van der Waals surface area contributed by atoms with E-state index in [1.54, 1.807) is 12.1 Å². The number of methoxy groups -OCH3 is 2. The third kappa shape index (κ3) is 10.5. The molecule has 1 aliphatic carbocycles. The smallest absolute Gasteiger partial charge is 0.337 e. The number of aryl methyl sites for hydroxylation is 1. The molecule has 2 atom stereocenters. The van der Waals surface area contributed by atoms with Crippen LogP contribution in [0.1, 0.15) is 76.8 Å². The number of hydrogen-bond donors (Lipinski definition) is 1. The van der Waals surface area contributed by atoms with Crippen LogP contribution in [0, 0.1) is 5.92 Å². The number of hydrogen-bond acceptors (Lipinski definition) is 7. The van der Waals surface area contributed by atoms with Crippen molar-refractivity contribution in [3.8, 4) is 11.5 Å². The SMILES string of the molecule is COC(=O)c1ccc(OCCCc2ccc(/C=C/CCCOc3ccccc3)cc2)c(C(=O)NC2CCCC(C(=O)OC)C2)c1. The van der Waals surface area contributed by atoms with Crippen molar-refractivity contribution in [2.45, 2.75) is 57.4 Å². The Kier molecular flexibility index (Phi) is 13.1. The number of benzene rings is 3. The Morgan fingerprint density at radius 2 is 1.64 bits per heavy atom. The van der Waals surface area contributed by atoms with Gasteiger partial charge in [-0.15, -0.1) is 0 Å². The highest BCUT2D eigenvalue weighted by atomic mass is 16.5. The van der Waals surface area contributed by atoms with Crippen molar-refractivity contribution >= 4 is 23.9 Å². The summed E-state index contributed by atoms with van der Waals surface area (Å²) in [6, 6.07) is 22.9. The Labute approximate surface area is 265 Å². The van der Waals surface area contributed by atoms with Gasteiger partial charge in [0.15, 0.2) is 0 Å². The fraction of sp³-hybridized carbons (Fsp3) is 0.378. The Morgan fingerprint density at radius 3 is 2.40 bits per heavy atom. The Morgan fingerprint density at radius 1 is 0.867 bits per heavy atom. The summed E-state index contributed by atoms with van der Waals surface area (Å²) in [7, 11) is 2.68. The highest BCUT2D eigenvalue weighted by molar-refractivity contribution is 6.00. The molecule has 2 unspecified atom stereocenters. The van der Waals surface area contributed by atoms with E-state index in [1.807, 2.05) is 30.3 Å². The number of allylic oxidation sites excluding steroid dienone is 1. The van der Waals surface area contributed by atoms with E-state index < -0.39 is 5.97 Å². The first-order chi connectivity index (χ1) is 22.0. The van der Waals surface area contributed by atoms with Crippen LogP contribution >= 0.6 is 0 Å². The predicted octanol–water partition coefficient (Wildman–Crippen LogP) is 6.82. The summed E-state index contributed by atoms with van der Waals surface area (Å²) < 4.78 is 21.5. The van der Waals surface area contributed by atoms with Crippen LogP contribution in [0.2, 0.25) is 0 Å². The van der Waals surface area contributed by atoms with Crippen molar-refractivity contribution in [2.75, 3.05) is 27.4 Å². The Hall–Kier alpha value is -4.59. The zero-order valence-corrected chi connectivity index (χ0v) is 26.2. The maximum Gasteiger partial charge on any atom is 0.337 e. The molecule has 0 aliphatic heterocycles. The molecule has 0 heterocycles. The average Bonchev–Trinajstić information content (AvgIpc) is 3.08. The number of ether oxygens (including phenoxy) is 4. The molecule has 3 aromatic rings. The second-order valence-corrected chi connectivity index (χ2v) is 11.2. The van der Waals surface area contributed by atoms with Crippen LogP contribution in [0.25, 0.3) is 6.08 Å². The molecule has 0 spiro atoms. The molecule has 1 aliphatic rings. The van der Waals surface area contributed by atoms with Crippen molar-refractivity contribution in [3.63, 3.8) is 0 Å². The molecule has 0 radical (unpaired) electrons. The van der Waals surface area contributed by atoms with Gasteiger partial charge in [-0.1, -0.05) is 61.0 Å². The summed E-state index contributed by atoms with van der Waals surface area (Å²) in [5.41, 5.74) is 2.88. The molecular formula is C37H43NO7. The van der Waals surface area contributed by atoms with Gasteiger partial charge in [0, 0.05) is 6.04 Å². The Balaban J connectivity index is 1.25. The minimum atomic E-state index is -0.533. The van der Waals surface area contributed by atoms with Gasteiger partial charge in [-0.25, -0.2) is 4.79 Å². The quantitative estimate of drug-likeness (QED) is 0.148. The first kappa shape index (κ1) is 33.3. The maximum absolute atomic E-state index is 13.3. The molecule has 1 fully saturated rings. The van der Waals surface area contributed by atoms with Gasteiger partial charge >= 0.3 is 11.9 Å². The van der Waals surface area contributed by atoms with E-state index in [0.29, 0.717) is 25.4 Å². The van der Waals surface area contributed by atoms with E-state index in [-0.39, 0.29) is 35.0 Å². The normalized spacial score (nSPS) is 16.1. The lowest BCUT2D eigenvalue weighted by Crippen LogP contribution is -2.40. The lowest BCUT2D eigenvalue weighted by molar-refractivity contribution is -0.146. The fourth-order valence-electron chi connectivity index (χ4n) is 5.42. The van der Waals surface area contributed by atoms with E-state index in [2.05, 4.69) is 41.7 Å². The van der Waals surface area contributed by atoms with Crippen LogP contribution in [-0.2, 0) is 20.7 Å². The summed E-state index contributed by atoms with van der Waals surface area (Å²) >= 11 is 0. The fourth-order valence-corrected chi connectivity index (χ4v) is 5.42. The van der Waals surface area contributed by atoms with Crippen LogP contribution < -0.4 is 14.8 Å². The average molecular weight is 614 g/mol. The third-order valence-corrected chi connectivity index (χ3v) is 7.87. The molecule has 0 saturated heterocycles. The van der Waals surface area contributed by atoms with Gasteiger partial charge < -0.3 is 24.3 Å². The van der Waals surface area contributed by atoms with E-state index in [0.717, 1.165) is 56.3 Å². The molecule has 238 valence electrons. The summed E-state index contributed by atoms with van der Waals surface area (Å²) in [6.45, 7) is 1.09. The largest absolute Gasteiger partial charge is 0.494 e. The zero-order valence-electron chi connectivity index (χ0n) is 26.2. The molecular weight excluding hydrogens is 570 g/mol. The number of esters is 2. The van der Waals surface area contributed by atoms with Crippen molar-refractivity contribution in [2.24, 2.45) is 5.92 Å². The van der Waals surface area contributed by atoms with Crippen molar-refractivity contribution in [1.29, 1.82) is 0 Å². The molecule has 45 heavy (non-hydrogen) atoms. The van der Waals surface area contributed by atoms with Crippen LogP contribution in [0.5, 0.6) is 11.5 Å². The van der Waals surface area contributed by atoms with Gasteiger partial charge in [0.25, 0.3) is 5.91 Å². The van der Waals surface area contributed by atoms with Crippen molar-refractivity contribution < 1.29 is 33.3 Å². The van der Waals surface area contributed by atoms with Crippen molar-refractivity contribution in [1.82, 2.24) is 5.32 Å². The molecule has 4 rings (SSSR count). The minimum Gasteiger partial charge on any atom is -0.494 e. The molecule has 3 aromatic carbocycles. The summed E-state index contributed by atoms with van der Waals surface area (Å²) in [5, 5.41) is 3.03. The second kappa shape index (κ2) is 17.6. The van der Waals surface area contributed by atoms with Gasteiger partial charge in [-0.05, 0) is 86.4 Å². The van der Waals surface area contributed by atoms with Gasteiger partial charge in [0.05, 0.1) is 44.5 Å². The van der Waals surface area contributed by atoms with Gasteiger partial charge in [0.2, 0.25) is 0 Å². The molecule has 0 bridgehead atoms. The zero-order chi connectivity index (χ0) is 31.9. The van der Waals surface area contributed by atoms with Crippen LogP contribution in [0.3, 0.4) is 0 Å². The molecule has 8 nitrogen and oxygen atoms in total. The second-order valence-electron chi connectivity index (χ2n) is 11.2. The van der Waals surface area contributed by atoms with Crippen LogP contribution in [0.15, 0.2) is 78.9 Å². The number of rotatable bonds is 15. The maximum atomic E-state index is 13.3. The van der Waals surface area contributed by atoms with E-state index in [4.69, 9.17) is 18.9 Å². The highest BCUT2D eigenvalue weighted by Gasteiger charge is 2.29. The summed E-state index contributed by atoms with van der Waals surface area (Å²) in [6.07, 6.45) is 10.6. The van der Waals surface area contributed by atoms with Crippen LogP contribution in [0.4, 0.5) is 0 Å². The van der Waals surface area contributed by atoms with E-state index in [1.165, 1.54) is 25.8 Å². The number of amides is 1. The summed E-state index contributed by atoms with van der Waals surface area (Å²) in [4.78, 5) is 37.6.